The van der Waals surface area contributed by atoms with Gasteiger partial charge in [0.25, 0.3) is 0 Å². The van der Waals surface area contributed by atoms with Gasteiger partial charge >= 0.3 is 0 Å². The van der Waals surface area contributed by atoms with Crippen molar-refractivity contribution in [2.45, 2.75) is 52.1 Å². The fraction of sp³-hybridized carbons (Fsp3) is 0.667. The van der Waals surface area contributed by atoms with E-state index in [1.807, 2.05) is 12.1 Å². The summed E-state index contributed by atoms with van der Waals surface area (Å²) in [5.74, 6) is 0.927. The molecule has 0 aliphatic carbocycles. The fourth-order valence-corrected chi connectivity index (χ4v) is 2.37. The summed E-state index contributed by atoms with van der Waals surface area (Å²) >= 11 is 0. The molecule has 0 bridgehead atoms. The summed E-state index contributed by atoms with van der Waals surface area (Å²) < 4.78 is 5.18. The quantitative estimate of drug-likeness (QED) is 0.630. The van der Waals surface area contributed by atoms with Crippen LogP contribution >= 0.6 is 0 Å². The van der Waals surface area contributed by atoms with Gasteiger partial charge in [0.05, 0.1) is 7.11 Å². The van der Waals surface area contributed by atoms with Crippen molar-refractivity contribution in [2.75, 3.05) is 27.2 Å². The Kier molecular flexibility index (Phi) is 9.11. The molecule has 0 aliphatic rings. The van der Waals surface area contributed by atoms with Gasteiger partial charge in [-0.1, -0.05) is 38.8 Å². The van der Waals surface area contributed by atoms with Crippen LogP contribution in [-0.2, 0) is 6.54 Å². The molecule has 0 heterocycles. The summed E-state index contributed by atoms with van der Waals surface area (Å²) in [6.07, 6.45) is 5.23. The normalized spacial score (nSPS) is 11.3. The fourth-order valence-electron chi connectivity index (χ4n) is 2.37. The lowest BCUT2D eigenvalue weighted by Gasteiger charge is -2.17. The second-order valence-corrected chi connectivity index (χ2v) is 6.11. The molecule has 1 aromatic carbocycles. The molecule has 1 N–H and O–H groups in total. The minimum atomic E-state index is 0.612. The third-order valence-corrected chi connectivity index (χ3v) is 3.63. The molecule has 0 saturated carbocycles. The Labute approximate surface area is 130 Å². The summed E-state index contributed by atoms with van der Waals surface area (Å²) in [5.41, 5.74) is 1.35. The third-order valence-electron chi connectivity index (χ3n) is 3.63. The molecular formula is C18H32N2O. The zero-order chi connectivity index (χ0) is 15.5. The van der Waals surface area contributed by atoms with Gasteiger partial charge in [0.2, 0.25) is 0 Å². The first kappa shape index (κ1) is 18.0. The van der Waals surface area contributed by atoms with E-state index in [0.717, 1.165) is 18.8 Å². The van der Waals surface area contributed by atoms with Crippen molar-refractivity contribution in [3.63, 3.8) is 0 Å². The highest BCUT2D eigenvalue weighted by atomic mass is 16.5. The van der Waals surface area contributed by atoms with Crippen molar-refractivity contribution in [2.24, 2.45) is 0 Å². The summed E-state index contributed by atoms with van der Waals surface area (Å²) in [6, 6.07) is 8.97. The van der Waals surface area contributed by atoms with Crippen LogP contribution in [0.4, 0.5) is 0 Å². The van der Waals surface area contributed by atoms with E-state index >= 15 is 0 Å². The largest absolute Gasteiger partial charge is 0.497 e. The summed E-state index contributed by atoms with van der Waals surface area (Å²) in [7, 11) is 3.91. The number of benzene rings is 1. The number of nitrogens with zero attached hydrogens (tertiary/aromatic N) is 1. The van der Waals surface area contributed by atoms with E-state index in [9.17, 15) is 0 Å². The van der Waals surface area contributed by atoms with E-state index in [-0.39, 0.29) is 0 Å². The molecule has 0 aliphatic heterocycles. The van der Waals surface area contributed by atoms with Crippen LogP contribution < -0.4 is 10.1 Å². The van der Waals surface area contributed by atoms with Crippen molar-refractivity contribution >= 4 is 0 Å². The number of unbranched alkanes of at least 4 members (excludes halogenated alkanes) is 3. The highest BCUT2D eigenvalue weighted by molar-refractivity contribution is 5.26. The molecule has 1 rings (SSSR count). The van der Waals surface area contributed by atoms with Crippen LogP contribution in [0.15, 0.2) is 24.3 Å². The van der Waals surface area contributed by atoms with E-state index in [4.69, 9.17) is 4.74 Å². The van der Waals surface area contributed by atoms with E-state index in [2.05, 4.69) is 43.2 Å². The molecule has 0 amide bonds. The second-order valence-electron chi connectivity index (χ2n) is 6.11. The van der Waals surface area contributed by atoms with Crippen molar-refractivity contribution in [1.82, 2.24) is 10.2 Å². The lowest BCUT2D eigenvalue weighted by molar-refractivity contribution is 0.316. The van der Waals surface area contributed by atoms with Gasteiger partial charge < -0.3 is 15.0 Å². The maximum Gasteiger partial charge on any atom is 0.118 e. The number of ether oxygens (including phenoxy) is 1. The van der Waals surface area contributed by atoms with Crippen LogP contribution in [0.5, 0.6) is 5.75 Å². The van der Waals surface area contributed by atoms with Gasteiger partial charge in [0.1, 0.15) is 5.75 Å². The summed E-state index contributed by atoms with van der Waals surface area (Å²) in [6.45, 7) is 7.74. The monoisotopic (exact) mass is 292 g/mol. The molecule has 3 heteroatoms. The first-order valence-electron chi connectivity index (χ1n) is 8.16. The lowest BCUT2D eigenvalue weighted by Crippen LogP contribution is -2.23. The van der Waals surface area contributed by atoms with Crippen molar-refractivity contribution in [3.8, 4) is 5.75 Å². The van der Waals surface area contributed by atoms with E-state index < -0.39 is 0 Å². The average molecular weight is 292 g/mol. The standard InChI is InChI=1S/C18H32N2O/c1-16(2)19-13-7-5-6-8-14-20(3)15-17-9-11-18(21-4)12-10-17/h9-12,16,19H,5-8,13-15H2,1-4H3. The number of hydrogen-bond donors (Lipinski definition) is 1. The Hall–Kier alpha value is -1.06. The molecule has 0 spiro atoms. The molecule has 0 aromatic heterocycles. The van der Waals surface area contributed by atoms with Crippen LogP contribution in [0.1, 0.15) is 45.1 Å². The van der Waals surface area contributed by atoms with Crippen molar-refractivity contribution < 1.29 is 4.74 Å². The predicted octanol–water partition coefficient (Wildman–Crippen LogP) is 3.69. The minimum absolute atomic E-state index is 0.612. The Morgan fingerprint density at radius 3 is 2.33 bits per heavy atom. The van der Waals surface area contributed by atoms with E-state index in [1.165, 1.54) is 37.8 Å². The molecule has 0 fully saturated rings. The van der Waals surface area contributed by atoms with Crippen LogP contribution in [0, 0.1) is 0 Å². The highest BCUT2D eigenvalue weighted by Crippen LogP contribution is 2.12. The molecule has 0 atom stereocenters. The third kappa shape index (κ3) is 8.74. The Bertz CT molecular complexity index is 362. The van der Waals surface area contributed by atoms with Gasteiger partial charge in [-0.05, 0) is 50.7 Å². The minimum Gasteiger partial charge on any atom is -0.497 e. The summed E-state index contributed by atoms with van der Waals surface area (Å²) in [4.78, 5) is 2.40. The zero-order valence-corrected chi connectivity index (χ0v) is 14.2. The smallest absolute Gasteiger partial charge is 0.118 e. The Morgan fingerprint density at radius 2 is 1.71 bits per heavy atom. The van der Waals surface area contributed by atoms with Crippen LogP contribution in [0.3, 0.4) is 0 Å². The second kappa shape index (κ2) is 10.6. The lowest BCUT2D eigenvalue weighted by atomic mass is 10.1. The van der Waals surface area contributed by atoms with Crippen LogP contribution in [0.2, 0.25) is 0 Å². The maximum absolute atomic E-state index is 5.18. The molecular weight excluding hydrogens is 260 g/mol. The molecule has 0 radical (unpaired) electrons. The molecule has 21 heavy (non-hydrogen) atoms. The van der Waals surface area contributed by atoms with Crippen LogP contribution in [-0.4, -0.2) is 38.2 Å². The van der Waals surface area contributed by atoms with E-state index in [1.54, 1.807) is 7.11 Å². The maximum atomic E-state index is 5.18. The van der Waals surface area contributed by atoms with Gasteiger partial charge in [-0.2, -0.15) is 0 Å². The predicted molar refractivity (Wildman–Crippen MR) is 90.9 cm³/mol. The molecule has 0 unspecified atom stereocenters. The van der Waals surface area contributed by atoms with Crippen LogP contribution in [0.25, 0.3) is 0 Å². The topological polar surface area (TPSA) is 24.5 Å². The first-order valence-corrected chi connectivity index (χ1v) is 8.16. The Balaban J connectivity index is 2.06. The van der Waals surface area contributed by atoms with Gasteiger partial charge in [0, 0.05) is 12.6 Å². The van der Waals surface area contributed by atoms with Gasteiger partial charge in [-0.15, -0.1) is 0 Å². The Morgan fingerprint density at radius 1 is 1.05 bits per heavy atom. The SMILES string of the molecule is COc1ccc(CN(C)CCCCCCNC(C)C)cc1. The average Bonchev–Trinajstić information content (AvgIpc) is 2.46. The molecule has 1 aromatic rings. The van der Waals surface area contributed by atoms with Gasteiger partial charge in [0.15, 0.2) is 0 Å². The number of methoxy groups -OCH3 is 1. The van der Waals surface area contributed by atoms with E-state index in [0.29, 0.717) is 6.04 Å². The zero-order valence-electron chi connectivity index (χ0n) is 14.2. The van der Waals surface area contributed by atoms with Crippen molar-refractivity contribution in [1.29, 1.82) is 0 Å². The highest BCUT2D eigenvalue weighted by Gasteiger charge is 2.01. The number of hydrogen-bond acceptors (Lipinski definition) is 3. The van der Waals surface area contributed by atoms with Crippen molar-refractivity contribution in [3.05, 3.63) is 29.8 Å². The molecule has 0 saturated heterocycles. The summed E-state index contributed by atoms with van der Waals surface area (Å²) in [5, 5.41) is 3.47. The number of nitrogens with one attached hydrogen (secondary N) is 1. The molecule has 3 nitrogen and oxygen atoms in total. The van der Waals surface area contributed by atoms with Gasteiger partial charge in [-0.3, -0.25) is 0 Å². The molecule has 120 valence electrons. The van der Waals surface area contributed by atoms with Gasteiger partial charge in [-0.25, -0.2) is 0 Å². The first-order chi connectivity index (χ1) is 10.1. The number of rotatable bonds is 11.